The summed E-state index contributed by atoms with van der Waals surface area (Å²) >= 11 is 3.10. The number of rotatable bonds is 6. The van der Waals surface area contributed by atoms with Gasteiger partial charge >= 0.3 is 5.97 Å². The third-order valence-corrected chi connectivity index (χ3v) is 5.28. The predicted molar refractivity (Wildman–Crippen MR) is 100 cm³/mol. The molecule has 0 bridgehead atoms. The van der Waals surface area contributed by atoms with Crippen LogP contribution in [-0.4, -0.2) is 22.8 Å². The molecule has 6 heteroatoms. The Morgan fingerprint density at radius 2 is 1.92 bits per heavy atom. The summed E-state index contributed by atoms with van der Waals surface area (Å²) in [5, 5.41) is 6.74. The fraction of sp³-hybridized carbons (Fsp3) is 0.211. The average molecular weight is 371 g/mol. The van der Waals surface area contributed by atoms with Crippen molar-refractivity contribution in [1.82, 2.24) is 4.98 Å². The summed E-state index contributed by atoms with van der Waals surface area (Å²) in [6.07, 6.45) is -0.753. The second kappa shape index (κ2) is 7.72. The Kier molecular flexibility index (Phi) is 5.40. The Labute approximate surface area is 154 Å². The topological polar surface area (TPSA) is 56.3 Å². The summed E-state index contributed by atoms with van der Waals surface area (Å²) < 4.78 is 5.28. The van der Waals surface area contributed by atoms with E-state index in [1.807, 2.05) is 41.3 Å². The van der Waals surface area contributed by atoms with Crippen LogP contribution in [0.1, 0.15) is 28.5 Å². The number of Topliss-reactive ketones (excluding diaryl/α,β-unsaturated/α-hetero) is 1. The van der Waals surface area contributed by atoms with E-state index in [0.29, 0.717) is 11.3 Å². The van der Waals surface area contributed by atoms with Crippen LogP contribution in [0.5, 0.6) is 0 Å². The Balaban J connectivity index is 1.58. The molecule has 1 atom stereocenters. The Bertz CT molecular complexity index is 866. The van der Waals surface area contributed by atoms with Crippen molar-refractivity contribution >= 4 is 34.4 Å². The van der Waals surface area contributed by atoms with Gasteiger partial charge in [-0.15, -0.1) is 11.3 Å². The highest BCUT2D eigenvalue weighted by atomic mass is 32.1. The summed E-state index contributed by atoms with van der Waals surface area (Å²) in [5.41, 5.74) is 3.33. The molecule has 25 heavy (non-hydrogen) atoms. The molecule has 0 amide bonds. The van der Waals surface area contributed by atoms with E-state index in [-0.39, 0.29) is 12.2 Å². The third-order valence-electron chi connectivity index (χ3n) is 3.66. The molecule has 128 valence electrons. The molecule has 2 aromatic heterocycles. The standard InChI is InChI=1S/C19H17NO3S2/c1-12-3-5-14(6-4-12)18(22)13(2)23-17(21)9-16-11-25-19(20-16)15-7-8-24-10-15/h3-8,10-11,13H,9H2,1-2H3/t13-/m1/s1. The van der Waals surface area contributed by atoms with Gasteiger partial charge in [-0.2, -0.15) is 11.3 Å². The number of thiazole rings is 1. The number of aryl methyl sites for hydroxylation is 1. The maximum atomic E-state index is 12.3. The number of thiophene rings is 1. The van der Waals surface area contributed by atoms with E-state index in [0.717, 1.165) is 16.1 Å². The number of esters is 1. The van der Waals surface area contributed by atoms with Gasteiger partial charge in [0.2, 0.25) is 5.78 Å². The first kappa shape index (κ1) is 17.5. The number of hydrogen-bond donors (Lipinski definition) is 0. The van der Waals surface area contributed by atoms with Crippen LogP contribution in [0.2, 0.25) is 0 Å². The molecule has 1 aromatic carbocycles. The monoisotopic (exact) mass is 371 g/mol. The maximum Gasteiger partial charge on any atom is 0.312 e. The lowest BCUT2D eigenvalue weighted by Gasteiger charge is -2.12. The van der Waals surface area contributed by atoms with Gasteiger partial charge in [-0.3, -0.25) is 9.59 Å². The first-order valence-corrected chi connectivity index (χ1v) is 9.62. The zero-order valence-corrected chi connectivity index (χ0v) is 15.5. The second-order valence-electron chi connectivity index (χ2n) is 5.70. The lowest BCUT2D eigenvalue weighted by Crippen LogP contribution is -2.25. The van der Waals surface area contributed by atoms with Gasteiger partial charge < -0.3 is 4.74 Å². The first-order chi connectivity index (χ1) is 12.0. The van der Waals surface area contributed by atoms with Crippen molar-refractivity contribution < 1.29 is 14.3 Å². The molecule has 0 unspecified atom stereocenters. The molecule has 0 fully saturated rings. The van der Waals surface area contributed by atoms with Gasteiger partial charge in [-0.1, -0.05) is 29.8 Å². The van der Waals surface area contributed by atoms with Crippen molar-refractivity contribution in [2.45, 2.75) is 26.4 Å². The minimum atomic E-state index is -0.815. The predicted octanol–water partition coefficient (Wildman–Crippen LogP) is 4.54. The second-order valence-corrected chi connectivity index (χ2v) is 7.33. The fourth-order valence-corrected chi connectivity index (χ4v) is 3.83. The Hall–Kier alpha value is -2.31. The molecule has 0 aliphatic rings. The zero-order valence-electron chi connectivity index (χ0n) is 13.9. The van der Waals surface area contributed by atoms with Gasteiger partial charge in [-0.05, 0) is 25.3 Å². The van der Waals surface area contributed by atoms with Crippen molar-refractivity contribution in [3.63, 3.8) is 0 Å². The zero-order chi connectivity index (χ0) is 17.8. The summed E-state index contributed by atoms with van der Waals surface area (Å²) in [7, 11) is 0. The van der Waals surface area contributed by atoms with Crippen molar-refractivity contribution in [2.75, 3.05) is 0 Å². The normalized spacial score (nSPS) is 11.9. The molecule has 3 aromatic rings. The first-order valence-electron chi connectivity index (χ1n) is 7.80. The van der Waals surface area contributed by atoms with E-state index in [9.17, 15) is 9.59 Å². The number of nitrogens with zero attached hydrogens (tertiary/aromatic N) is 1. The van der Waals surface area contributed by atoms with Crippen LogP contribution in [-0.2, 0) is 16.0 Å². The highest BCUT2D eigenvalue weighted by Crippen LogP contribution is 2.26. The van der Waals surface area contributed by atoms with Crippen LogP contribution >= 0.6 is 22.7 Å². The van der Waals surface area contributed by atoms with Gasteiger partial charge in [0.15, 0.2) is 6.10 Å². The average Bonchev–Trinajstić information content (AvgIpc) is 3.26. The molecule has 0 aliphatic carbocycles. The van der Waals surface area contributed by atoms with E-state index in [4.69, 9.17) is 4.74 Å². The van der Waals surface area contributed by atoms with Gasteiger partial charge in [0.25, 0.3) is 0 Å². The molecule has 4 nitrogen and oxygen atoms in total. The summed E-state index contributed by atoms with van der Waals surface area (Å²) in [6, 6.07) is 9.21. The van der Waals surface area contributed by atoms with E-state index in [1.165, 1.54) is 11.3 Å². The number of benzene rings is 1. The Morgan fingerprint density at radius 3 is 2.60 bits per heavy atom. The minimum Gasteiger partial charge on any atom is -0.454 e. The highest BCUT2D eigenvalue weighted by molar-refractivity contribution is 7.14. The summed E-state index contributed by atoms with van der Waals surface area (Å²) in [4.78, 5) is 28.9. The SMILES string of the molecule is Cc1ccc(C(=O)[C@@H](C)OC(=O)Cc2csc(-c3ccsc3)n2)cc1. The van der Waals surface area contributed by atoms with E-state index in [2.05, 4.69) is 4.98 Å². The molecule has 0 saturated heterocycles. The highest BCUT2D eigenvalue weighted by Gasteiger charge is 2.20. The molecule has 0 aliphatic heterocycles. The number of ether oxygens (including phenoxy) is 1. The summed E-state index contributed by atoms with van der Waals surface area (Å²) in [5.74, 6) is -0.652. The Morgan fingerprint density at radius 1 is 1.16 bits per heavy atom. The molecule has 3 rings (SSSR count). The number of hydrogen-bond acceptors (Lipinski definition) is 6. The lowest BCUT2D eigenvalue weighted by atomic mass is 10.1. The van der Waals surface area contributed by atoms with Crippen LogP contribution in [0.4, 0.5) is 0 Å². The maximum absolute atomic E-state index is 12.3. The number of carbonyl (C=O) groups is 2. The third kappa shape index (κ3) is 4.41. The van der Waals surface area contributed by atoms with Crippen LogP contribution in [0.15, 0.2) is 46.5 Å². The molecular weight excluding hydrogens is 354 g/mol. The lowest BCUT2D eigenvalue weighted by molar-refractivity contribution is -0.145. The number of aromatic nitrogens is 1. The number of ketones is 1. The van der Waals surface area contributed by atoms with Crippen LogP contribution in [0.3, 0.4) is 0 Å². The van der Waals surface area contributed by atoms with Crippen molar-refractivity contribution in [3.05, 3.63) is 63.3 Å². The van der Waals surface area contributed by atoms with E-state index < -0.39 is 12.1 Å². The van der Waals surface area contributed by atoms with Gasteiger partial charge in [0.1, 0.15) is 5.01 Å². The van der Waals surface area contributed by atoms with Crippen LogP contribution < -0.4 is 0 Å². The fourth-order valence-electron chi connectivity index (χ4n) is 2.30. The van der Waals surface area contributed by atoms with E-state index in [1.54, 1.807) is 30.4 Å². The van der Waals surface area contributed by atoms with Crippen molar-refractivity contribution in [1.29, 1.82) is 0 Å². The van der Waals surface area contributed by atoms with Crippen molar-refractivity contribution in [3.8, 4) is 10.6 Å². The molecule has 0 saturated carbocycles. The molecular formula is C19H17NO3S2. The van der Waals surface area contributed by atoms with Crippen LogP contribution in [0.25, 0.3) is 10.6 Å². The largest absolute Gasteiger partial charge is 0.454 e. The van der Waals surface area contributed by atoms with Crippen LogP contribution in [0, 0.1) is 6.92 Å². The van der Waals surface area contributed by atoms with Gasteiger partial charge in [0, 0.05) is 21.9 Å². The molecule has 2 heterocycles. The van der Waals surface area contributed by atoms with Gasteiger partial charge in [0.05, 0.1) is 12.1 Å². The number of carbonyl (C=O) groups excluding carboxylic acids is 2. The quantitative estimate of drug-likeness (QED) is 0.472. The minimum absolute atomic E-state index is 0.0617. The molecule has 0 N–H and O–H groups in total. The van der Waals surface area contributed by atoms with Crippen molar-refractivity contribution in [2.24, 2.45) is 0 Å². The smallest absolute Gasteiger partial charge is 0.312 e. The molecule has 0 radical (unpaired) electrons. The van der Waals surface area contributed by atoms with E-state index >= 15 is 0 Å². The summed E-state index contributed by atoms with van der Waals surface area (Å²) in [6.45, 7) is 3.55. The molecule has 0 spiro atoms. The van der Waals surface area contributed by atoms with Gasteiger partial charge in [-0.25, -0.2) is 4.98 Å².